The van der Waals surface area contributed by atoms with Crippen molar-refractivity contribution in [3.63, 3.8) is 0 Å². The lowest BCUT2D eigenvalue weighted by Crippen LogP contribution is -2.37. The summed E-state index contributed by atoms with van der Waals surface area (Å²) in [5, 5.41) is 2.77. The van der Waals surface area contributed by atoms with Crippen LogP contribution in [0.1, 0.15) is 28.2 Å². The highest BCUT2D eigenvalue weighted by Crippen LogP contribution is 2.07. The molecule has 1 heterocycles. The molecule has 27 heavy (non-hydrogen) atoms. The van der Waals surface area contributed by atoms with Crippen molar-refractivity contribution >= 4 is 11.8 Å². The molecule has 0 bridgehead atoms. The van der Waals surface area contributed by atoms with Gasteiger partial charge in [0.25, 0.3) is 5.91 Å². The topological polar surface area (TPSA) is 84.4 Å². The quantitative estimate of drug-likeness (QED) is 0.643. The Morgan fingerprint density at radius 3 is 2.56 bits per heavy atom. The van der Waals surface area contributed by atoms with Crippen molar-refractivity contribution in [1.29, 1.82) is 0 Å². The second-order valence-electron chi connectivity index (χ2n) is 6.16. The van der Waals surface area contributed by atoms with Gasteiger partial charge in [0, 0.05) is 39.4 Å². The first-order chi connectivity index (χ1) is 13.1. The number of aromatic nitrogens is 2. The lowest BCUT2D eigenvalue weighted by molar-refractivity contribution is -0.121. The van der Waals surface area contributed by atoms with Crippen molar-refractivity contribution in [2.24, 2.45) is 0 Å². The van der Waals surface area contributed by atoms with Gasteiger partial charge in [-0.1, -0.05) is 30.3 Å². The number of rotatable bonds is 10. The zero-order valence-electron chi connectivity index (χ0n) is 15.9. The van der Waals surface area contributed by atoms with Gasteiger partial charge in [-0.25, -0.2) is 4.98 Å². The van der Waals surface area contributed by atoms with Crippen LogP contribution in [0.2, 0.25) is 0 Å². The Morgan fingerprint density at radius 2 is 1.89 bits per heavy atom. The van der Waals surface area contributed by atoms with Crippen LogP contribution in [-0.2, 0) is 16.0 Å². The van der Waals surface area contributed by atoms with Gasteiger partial charge in [-0.15, -0.1) is 0 Å². The van der Waals surface area contributed by atoms with Crippen LogP contribution in [0.5, 0.6) is 0 Å². The van der Waals surface area contributed by atoms with Crippen molar-refractivity contribution in [3.05, 3.63) is 59.7 Å². The van der Waals surface area contributed by atoms with Crippen molar-refractivity contribution in [1.82, 2.24) is 20.2 Å². The molecule has 0 saturated heterocycles. The Labute approximate surface area is 159 Å². The average Bonchev–Trinajstić information content (AvgIpc) is 2.69. The third kappa shape index (κ3) is 7.15. The maximum atomic E-state index is 12.8. The third-order valence-electron chi connectivity index (χ3n) is 4.04. The molecule has 0 aliphatic carbocycles. The van der Waals surface area contributed by atoms with E-state index in [9.17, 15) is 9.59 Å². The fourth-order valence-corrected chi connectivity index (χ4v) is 2.51. The van der Waals surface area contributed by atoms with Gasteiger partial charge in [0.1, 0.15) is 5.69 Å². The van der Waals surface area contributed by atoms with Crippen LogP contribution < -0.4 is 5.32 Å². The van der Waals surface area contributed by atoms with Crippen LogP contribution in [0.15, 0.2) is 42.7 Å². The van der Waals surface area contributed by atoms with E-state index >= 15 is 0 Å². The standard InChI is InChI=1S/C20H26N4O3/c1-16-14-23-18(15-22-16)20(26)24(11-8-17-6-4-3-5-7-17)12-9-19(25)21-10-13-27-2/h3-7,14-15H,8-13H2,1-2H3,(H,21,25). The summed E-state index contributed by atoms with van der Waals surface area (Å²) >= 11 is 0. The first-order valence-corrected chi connectivity index (χ1v) is 8.97. The maximum absolute atomic E-state index is 12.8. The Morgan fingerprint density at radius 1 is 1.11 bits per heavy atom. The van der Waals surface area contributed by atoms with Crippen LogP contribution in [0.3, 0.4) is 0 Å². The molecular formula is C20H26N4O3. The van der Waals surface area contributed by atoms with Gasteiger partial charge in [0.05, 0.1) is 18.5 Å². The number of methoxy groups -OCH3 is 1. The van der Waals surface area contributed by atoms with E-state index < -0.39 is 0 Å². The van der Waals surface area contributed by atoms with E-state index in [-0.39, 0.29) is 23.9 Å². The Hall–Kier alpha value is -2.80. The summed E-state index contributed by atoms with van der Waals surface area (Å²) in [5.41, 5.74) is 2.17. The minimum Gasteiger partial charge on any atom is -0.383 e. The molecule has 0 fully saturated rings. The summed E-state index contributed by atoms with van der Waals surface area (Å²) in [6, 6.07) is 9.93. The van der Waals surface area contributed by atoms with E-state index in [0.717, 1.165) is 11.3 Å². The SMILES string of the molecule is COCCNC(=O)CCN(CCc1ccccc1)C(=O)c1cnc(C)cn1. The molecule has 0 spiro atoms. The smallest absolute Gasteiger partial charge is 0.274 e. The number of ether oxygens (including phenoxy) is 1. The van der Waals surface area contributed by atoms with E-state index in [1.54, 1.807) is 18.2 Å². The Bertz CT molecular complexity index is 720. The second kappa shape index (κ2) is 11.0. The molecule has 7 nitrogen and oxygen atoms in total. The molecule has 0 aliphatic heterocycles. The number of aryl methyl sites for hydroxylation is 1. The zero-order valence-corrected chi connectivity index (χ0v) is 15.9. The molecule has 0 saturated carbocycles. The second-order valence-corrected chi connectivity index (χ2v) is 6.16. The number of amides is 2. The van der Waals surface area contributed by atoms with E-state index in [4.69, 9.17) is 4.74 Å². The highest BCUT2D eigenvalue weighted by Gasteiger charge is 2.18. The monoisotopic (exact) mass is 370 g/mol. The largest absolute Gasteiger partial charge is 0.383 e. The van der Waals surface area contributed by atoms with Crippen LogP contribution in [0.25, 0.3) is 0 Å². The number of hydrogen-bond acceptors (Lipinski definition) is 5. The minimum atomic E-state index is -0.219. The molecule has 2 aromatic rings. The number of nitrogens with one attached hydrogen (secondary N) is 1. The molecular weight excluding hydrogens is 344 g/mol. The number of hydrogen-bond donors (Lipinski definition) is 1. The Kier molecular flexibility index (Phi) is 8.38. The van der Waals surface area contributed by atoms with Gasteiger partial charge in [-0.2, -0.15) is 0 Å². The van der Waals surface area contributed by atoms with Gasteiger partial charge < -0.3 is 15.0 Å². The molecule has 2 rings (SSSR count). The molecule has 1 aromatic heterocycles. The highest BCUT2D eigenvalue weighted by atomic mass is 16.5. The van der Waals surface area contributed by atoms with Gasteiger partial charge in [0.15, 0.2) is 0 Å². The van der Waals surface area contributed by atoms with Gasteiger partial charge in [-0.3, -0.25) is 14.6 Å². The first-order valence-electron chi connectivity index (χ1n) is 8.97. The molecule has 1 N–H and O–H groups in total. The van der Waals surface area contributed by atoms with Gasteiger partial charge in [-0.05, 0) is 18.9 Å². The summed E-state index contributed by atoms with van der Waals surface area (Å²) in [7, 11) is 1.58. The summed E-state index contributed by atoms with van der Waals surface area (Å²) in [6.45, 7) is 3.56. The summed E-state index contributed by atoms with van der Waals surface area (Å²) in [5.74, 6) is -0.331. The normalized spacial score (nSPS) is 10.4. The average molecular weight is 370 g/mol. The lowest BCUT2D eigenvalue weighted by Gasteiger charge is -2.22. The zero-order chi connectivity index (χ0) is 19.5. The first kappa shape index (κ1) is 20.5. The van der Waals surface area contributed by atoms with Crippen LogP contribution in [0, 0.1) is 6.92 Å². The van der Waals surface area contributed by atoms with Crippen molar-refractivity contribution in [2.45, 2.75) is 19.8 Å². The molecule has 7 heteroatoms. The Balaban J connectivity index is 1.99. The van der Waals surface area contributed by atoms with Crippen molar-refractivity contribution < 1.29 is 14.3 Å². The van der Waals surface area contributed by atoms with Gasteiger partial charge in [0.2, 0.25) is 5.91 Å². The number of nitrogens with zero attached hydrogens (tertiary/aromatic N) is 3. The van der Waals surface area contributed by atoms with E-state index in [2.05, 4.69) is 15.3 Å². The molecule has 0 unspecified atom stereocenters. The highest BCUT2D eigenvalue weighted by molar-refractivity contribution is 5.92. The predicted octanol–water partition coefficient (Wildman–Crippen LogP) is 1.62. The number of carbonyl (C=O) groups excluding carboxylic acids is 2. The fraction of sp³-hybridized carbons (Fsp3) is 0.400. The van der Waals surface area contributed by atoms with E-state index in [1.807, 2.05) is 37.3 Å². The molecule has 0 aliphatic rings. The number of carbonyl (C=O) groups is 2. The minimum absolute atomic E-state index is 0.112. The number of benzene rings is 1. The molecule has 144 valence electrons. The van der Waals surface area contributed by atoms with E-state index in [1.165, 1.54) is 6.20 Å². The molecule has 0 atom stereocenters. The van der Waals surface area contributed by atoms with Crippen LogP contribution in [-0.4, -0.2) is 60.0 Å². The summed E-state index contributed by atoms with van der Waals surface area (Å²) in [4.78, 5) is 34.8. The molecule has 0 radical (unpaired) electrons. The third-order valence-corrected chi connectivity index (χ3v) is 4.04. The van der Waals surface area contributed by atoms with Gasteiger partial charge >= 0.3 is 0 Å². The predicted molar refractivity (Wildman–Crippen MR) is 102 cm³/mol. The van der Waals surface area contributed by atoms with E-state index in [0.29, 0.717) is 32.7 Å². The molecule has 1 aromatic carbocycles. The lowest BCUT2D eigenvalue weighted by atomic mass is 10.1. The fourth-order valence-electron chi connectivity index (χ4n) is 2.51. The summed E-state index contributed by atoms with van der Waals surface area (Å²) < 4.78 is 4.92. The van der Waals surface area contributed by atoms with Crippen molar-refractivity contribution in [2.75, 3.05) is 33.4 Å². The van der Waals surface area contributed by atoms with Crippen molar-refractivity contribution in [3.8, 4) is 0 Å². The summed E-state index contributed by atoms with van der Waals surface area (Å²) in [6.07, 6.45) is 3.98. The van der Waals surface area contributed by atoms with Crippen LogP contribution in [0.4, 0.5) is 0 Å². The maximum Gasteiger partial charge on any atom is 0.274 e. The van der Waals surface area contributed by atoms with Crippen LogP contribution >= 0.6 is 0 Å². The molecule has 2 amide bonds.